The fourth-order valence-electron chi connectivity index (χ4n) is 2.37. The van der Waals surface area contributed by atoms with Gasteiger partial charge in [0.1, 0.15) is 18.0 Å². The second-order valence-corrected chi connectivity index (χ2v) is 7.92. The van der Waals surface area contributed by atoms with Crippen molar-refractivity contribution in [2.45, 2.75) is 6.92 Å². The summed E-state index contributed by atoms with van der Waals surface area (Å²) in [6.07, 6.45) is 2.50. The van der Waals surface area contributed by atoms with E-state index in [1.807, 2.05) is 31.2 Å². The maximum Gasteiger partial charge on any atom is 0.260 e. The monoisotopic (exact) mass is 405 g/mol. The lowest BCUT2D eigenvalue weighted by atomic mass is 10.2. The number of nitrogens with zero attached hydrogens (tertiary/aromatic N) is 2. The molecule has 0 aliphatic carbocycles. The predicted molar refractivity (Wildman–Crippen MR) is 109 cm³/mol. The van der Waals surface area contributed by atoms with Crippen molar-refractivity contribution in [2.75, 3.05) is 31.3 Å². The van der Waals surface area contributed by atoms with Gasteiger partial charge in [0.05, 0.1) is 32.4 Å². The summed E-state index contributed by atoms with van der Waals surface area (Å²) in [6.45, 7) is 1.52. The molecule has 0 bridgehead atoms. The van der Waals surface area contributed by atoms with Gasteiger partial charge in [0.15, 0.2) is 0 Å². The molecule has 2 aromatic rings. The number of benzene rings is 2. The predicted octanol–water partition coefficient (Wildman–Crippen LogP) is 1.93. The molecule has 0 unspecified atom stereocenters. The van der Waals surface area contributed by atoms with Crippen molar-refractivity contribution in [2.24, 2.45) is 5.10 Å². The van der Waals surface area contributed by atoms with Crippen molar-refractivity contribution >= 4 is 27.8 Å². The largest absolute Gasteiger partial charge is 0.497 e. The summed E-state index contributed by atoms with van der Waals surface area (Å²) < 4.78 is 35.8. The Bertz CT molecular complexity index is 956. The van der Waals surface area contributed by atoms with Crippen LogP contribution in [0.2, 0.25) is 0 Å². The van der Waals surface area contributed by atoms with E-state index in [4.69, 9.17) is 9.47 Å². The molecule has 0 heterocycles. The second-order valence-electron chi connectivity index (χ2n) is 6.01. The number of ether oxygens (including phenoxy) is 2. The van der Waals surface area contributed by atoms with Gasteiger partial charge in [0.25, 0.3) is 5.91 Å². The molecule has 0 aliphatic rings. The number of hydrazone groups is 1. The van der Waals surface area contributed by atoms with Crippen LogP contribution in [0.4, 0.5) is 5.69 Å². The molecule has 1 N–H and O–H groups in total. The minimum absolute atomic E-state index is 0.225. The number of hydrogen-bond donors (Lipinski definition) is 1. The van der Waals surface area contributed by atoms with Crippen LogP contribution < -0.4 is 19.2 Å². The number of methoxy groups -OCH3 is 2. The molecule has 2 rings (SSSR count). The van der Waals surface area contributed by atoms with Crippen molar-refractivity contribution in [1.29, 1.82) is 0 Å². The van der Waals surface area contributed by atoms with E-state index < -0.39 is 22.5 Å². The Labute approximate surface area is 164 Å². The zero-order chi connectivity index (χ0) is 20.7. The Morgan fingerprint density at radius 2 is 1.82 bits per heavy atom. The molecule has 0 atom stereocenters. The van der Waals surface area contributed by atoms with Crippen molar-refractivity contribution in [1.82, 2.24) is 5.43 Å². The number of amides is 1. The van der Waals surface area contributed by atoms with Gasteiger partial charge < -0.3 is 9.47 Å². The van der Waals surface area contributed by atoms with Gasteiger partial charge >= 0.3 is 0 Å². The Morgan fingerprint density at radius 3 is 2.39 bits per heavy atom. The van der Waals surface area contributed by atoms with Crippen LogP contribution in [-0.2, 0) is 14.8 Å². The SMILES string of the molecule is COc1ccc(N(CC(=O)N/N=C\c2ccc(C)cc2)S(C)(=O)=O)c(OC)c1. The maximum absolute atomic E-state index is 12.2. The normalized spacial score (nSPS) is 11.3. The number of anilines is 1. The van der Waals surface area contributed by atoms with Crippen molar-refractivity contribution in [3.05, 3.63) is 53.6 Å². The Morgan fingerprint density at radius 1 is 1.14 bits per heavy atom. The average molecular weight is 405 g/mol. The van der Waals surface area contributed by atoms with E-state index >= 15 is 0 Å². The van der Waals surface area contributed by atoms with E-state index in [9.17, 15) is 13.2 Å². The van der Waals surface area contributed by atoms with E-state index in [0.717, 1.165) is 21.7 Å². The number of carbonyl (C=O) groups excluding carboxylic acids is 1. The molecule has 0 saturated carbocycles. The van der Waals surface area contributed by atoms with Crippen molar-refractivity contribution in [3.8, 4) is 11.5 Å². The molecule has 0 spiro atoms. The van der Waals surface area contributed by atoms with Gasteiger partial charge in [-0.3, -0.25) is 9.10 Å². The lowest BCUT2D eigenvalue weighted by Crippen LogP contribution is -2.39. The van der Waals surface area contributed by atoms with Crippen LogP contribution in [0.1, 0.15) is 11.1 Å². The minimum atomic E-state index is -3.75. The van der Waals surface area contributed by atoms with Crippen LogP contribution >= 0.6 is 0 Å². The molecule has 1 amide bonds. The summed E-state index contributed by atoms with van der Waals surface area (Å²) in [7, 11) is -0.852. The molecule has 0 saturated heterocycles. The number of carbonyl (C=O) groups is 1. The number of hydrogen-bond acceptors (Lipinski definition) is 6. The van der Waals surface area contributed by atoms with E-state index in [1.165, 1.54) is 26.5 Å². The number of rotatable bonds is 8. The summed E-state index contributed by atoms with van der Waals surface area (Å²) in [4.78, 5) is 12.2. The van der Waals surface area contributed by atoms with Crippen molar-refractivity contribution < 1.29 is 22.7 Å². The first kappa shape index (κ1) is 21.2. The topological polar surface area (TPSA) is 97.3 Å². The fraction of sp³-hybridized carbons (Fsp3) is 0.263. The van der Waals surface area contributed by atoms with Gasteiger partial charge in [-0.1, -0.05) is 29.8 Å². The highest BCUT2D eigenvalue weighted by atomic mass is 32.2. The molecule has 9 heteroatoms. The van der Waals surface area contributed by atoms with E-state index in [2.05, 4.69) is 10.5 Å². The van der Waals surface area contributed by atoms with Gasteiger partial charge in [0, 0.05) is 6.07 Å². The third-order valence-corrected chi connectivity index (χ3v) is 4.95. The molecule has 0 fully saturated rings. The molecule has 0 radical (unpaired) electrons. The van der Waals surface area contributed by atoms with E-state index in [-0.39, 0.29) is 11.4 Å². The maximum atomic E-state index is 12.2. The van der Waals surface area contributed by atoms with Gasteiger partial charge in [-0.05, 0) is 24.6 Å². The molecule has 28 heavy (non-hydrogen) atoms. The third-order valence-electron chi connectivity index (χ3n) is 3.82. The lowest BCUT2D eigenvalue weighted by molar-refractivity contribution is -0.119. The number of sulfonamides is 1. The third kappa shape index (κ3) is 5.71. The molecule has 2 aromatic carbocycles. The first-order valence-corrected chi connectivity index (χ1v) is 10.2. The zero-order valence-electron chi connectivity index (χ0n) is 16.2. The van der Waals surface area contributed by atoms with Crippen LogP contribution in [0.3, 0.4) is 0 Å². The van der Waals surface area contributed by atoms with Crippen LogP contribution in [0.25, 0.3) is 0 Å². The highest BCUT2D eigenvalue weighted by molar-refractivity contribution is 7.92. The number of aryl methyl sites for hydroxylation is 1. The fourth-order valence-corrected chi connectivity index (χ4v) is 3.23. The second kappa shape index (κ2) is 9.23. The Kier molecular flexibility index (Phi) is 7.00. The van der Waals surface area contributed by atoms with Crippen molar-refractivity contribution in [3.63, 3.8) is 0 Å². The van der Waals surface area contributed by atoms with Gasteiger partial charge in [-0.2, -0.15) is 5.10 Å². The van der Waals surface area contributed by atoms with Gasteiger partial charge in [-0.25, -0.2) is 13.8 Å². The molecular formula is C19H23N3O5S. The summed E-state index contributed by atoms with van der Waals surface area (Å²) in [6, 6.07) is 12.2. The molecular weight excluding hydrogens is 382 g/mol. The first-order chi connectivity index (χ1) is 13.2. The summed E-state index contributed by atoms with van der Waals surface area (Å²) in [5, 5.41) is 3.87. The van der Waals surface area contributed by atoms with Crippen LogP contribution in [0.15, 0.2) is 47.6 Å². The average Bonchev–Trinajstić information content (AvgIpc) is 2.66. The minimum Gasteiger partial charge on any atom is -0.497 e. The molecule has 8 nitrogen and oxygen atoms in total. The Balaban J connectivity index is 2.16. The Hall–Kier alpha value is -3.07. The van der Waals surface area contributed by atoms with E-state index in [1.54, 1.807) is 12.1 Å². The lowest BCUT2D eigenvalue weighted by Gasteiger charge is -2.23. The summed E-state index contributed by atoms with van der Waals surface area (Å²) >= 11 is 0. The first-order valence-electron chi connectivity index (χ1n) is 8.33. The van der Waals surface area contributed by atoms with Crippen LogP contribution in [0, 0.1) is 6.92 Å². The molecule has 0 aromatic heterocycles. The molecule has 150 valence electrons. The van der Waals surface area contributed by atoms with E-state index in [0.29, 0.717) is 5.75 Å². The zero-order valence-corrected chi connectivity index (χ0v) is 17.0. The summed E-state index contributed by atoms with van der Waals surface area (Å²) in [5.74, 6) is 0.175. The van der Waals surface area contributed by atoms with Gasteiger partial charge in [-0.15, -0.1) is 0 Å². The smallest absolute Gasteiger partial charge is 0.260 e. The highest BCUT2D eigenvalue weighted by Crippen LogP contribution is 2.33. The van der Waals surface area contributed by atoms with Gasteiger partial charge in [0.2, 0.25) is 10.0 Å². The quantitative estimate of drug-likeness (QED) is 0.535. The van der Waals surface area contributed by atoms with Crippen LogP contribution in [-0.4, -0.2) is 47.6 Å². The standard InChI is InChI=1S/C19H23N3O5S/c1-14-5-7-15(8-6-14)12-20-21-19(23)13-22(28(4,24)25)17-10-9-16(26-2)11-18(17)27-3/h5-12H,13H2,1-4H3,(H,21,23)/b20-12-. The van der Waals surface area contributed by atoms with Crippen LogP contribution in [0.5, 0.6) is 11.5 Å². The summed E-state index contributed by atoms with van der Waals surface area (Å²) in [5.41, 5.74) is 4.48. The highest BCUT2D eigenvalue weighted by Gasteiger charge is 2.24. The number of nitrogens with one attached hydrogen (secondary N) is 1. The molecule has 0 aliphatic heterocycles.